The molecule has 21 heavy (non-hydrogen) atoms. The van der Waals surface area contributed by atoms with Crippen LogP contribution in [0.25, 0.3) is 0 Å². The highest BCUT2D eigenvalue weighted by atomic mass is 32.2. The second-order valence-electron chi connectivity index (χ2n) is 4.70. The molecule has 0 saturated carbocycles. The van der Waals surface area contributed by atoms with E-state index in [1.807, 2.05) is 5.38 Å². The summed E-state index contributed by atoms with van der Waals surface area (Å²) in [6, 6.07) is 5.78. The van der Waals surface area contributed by atoms with E-state index in [1.165, 1.54) is 28.6 Å². The smallest absolute Gasteiger partial charge is 0.243 e. The van der Waals surface area contributed by atoms with E-state index in [-0.39, 0.29) is 10.6 Å². The van der Waals surface area contributed by atoms with E-state index in [1.54, 1.807) is 17.5 Å². The van der Waals surface area contributed by atoms with E-state index >= 15 is 0 Å². The minimum atomic E-state index is -3.55. The van der Waals surface area contributed by atoms with Gasteiger partial charge in [-0.15, -0.1) is 11.3 Å². The normalized spacial score (nSPS) is 17.0. The summed E-state index contributed by atoms with van der Waals surface area (Å²) in [5, 5.41) is 12.3. The lowest BCUT2D eigenvalue weighted by Crippen LogP contribution is -2.48. The van der Waals surface area contributed by atoms with Crippen LogP contribution in [0.3, 0.4) is 0 Å². The minimum absolute atomic E-state index is 0.0440. The number of phenols is 1. The molecule has 3 rings (SSSR count). The first kappa shape index (κ1) is 14.3. The Labute approximate surface area is 127 Å². The molecule has 0 aliphatic carbocycles. The SMILES string of the molecule is O=S(=O)(c1cccc(O)c1)N1CCN(c2nccs2)CC1. The minimum Gasteiger partial charge on any atom is -0.508 e. The Balaban J connectivity index is 1.74. The second-order valence-corrected chi connectivity index (χ2v) is 7.51. The lowest BCUT2D eigenvalue weighted by molar-refractivity contribution is 0.384. The topological polar surface area (TPSA) is 73.7 Å². The number of benzene rings is 1. The van der Waals surface area contributed by atoms with Gasteiger partial charge in [0.1, 0.15) is 5.75 Å². The zero-order valence-electron chi connectivity index (χ0n) is 11.2. The Morgan fingerprint density at radius 1 is 1.19 bits per heavy atom. The molecule has 1 saturated heterocycles. The van der Waals surface area contributed by atoms with Gasteiger partial charge in [-0.1, -0.05) is 6.07 Å². The number of sulfonamides is 1. The van der Waals surface area contributed by atoms with E-state index in [0.717, 1.165) is 5.13 Å². The fourth-order valence-corrected chi connectivity index (χ4v) is 4.44. The van der Waals surface area contributed by atoms with E-state index in [4.69, 9.17) is 0 Å². The van der Waals surface area contributed by atoms with E-state index in [0.29, 0.717) is 26.2 Å². The summed E-state index contributed by atoms with van der Waals surface area (Å²) >= 11 is 1.55. The Morgan fingerprint density at radius 2 is 1.95 bits per heavy atom. The third-order valence-corrected chi connectivity index (χ3v) is 6.11. The predicted octanol–water partition coefficient (Wildman–Crippen LogP) is 1.36. The highest BCUT2D eigenvalue weighted by Gasteiger charge is 2.29. The van der Waals surface area contributed by atoms with Gasteiger partial charge in [-0.05, 0) is 18.2 Å². The van der Waals surface area contributed by atoms with Crippen LogP contribution in [0.15, 0.2) is 40.7 Å². The molecule has 1 aromatic carbocycles. The Morgan fingerprint density at radius 3 is 2.57 bits per heavy atom. The van der Waals surface area contributed by atoms with Crippen molar-refractivity contribution in [2.24, 2.45) is 0 Å². The molecule has 112 valence electrons. The molecule has 0 amide bonds. The summed E-state index contributed by atoms with van der Waals surface area (Å²) in [4.78, 5) is 6.45. The fraction of sp³-hybridized carbons (Fsp3) is 0.308. The first-order chi connectivity index (χ1) is 10.1. The van der Waals surface area contributed by atoms with Crippen LogP contribution in [0.4, 0.5) is 5.13 Å². The van der Waals surface area contributed by atoms with Crippen molar-refractivity contribution in [1.82, 2.24) is 9.29 Å². The highest BCUT2D eigenvalue weighted by molar-refractivity contribution is 7.89. The molecule has 1 aromatic heterocycles. The number of aromatic nitrogens is 1. The number of anilines is 1. The third-order valence-electron chi connectivity index (χ3n) is 3.38. The fourth-order valence-electron chi connectivity index (χ4n) is 2.28. The van der Waals surface area contributed by atoms with Gasteiger partial charge in [0.05, 0.1) is 4.90 Å². The molecule has 0 spiro atoms. The number of hydrogen-bond donors (Lipinski definition) is 1. The first-order valence-corrected chi connectivity index (χ1v) is 8.83. The summed E-state index contributed by atoms with van der Waals surface area (Å²) in [6.45, 7) is 2.06. The average Bonchev–Trinajstić information content (AvgIpc) is 3.02. The van der Waals surface area contributed by atoms with Crippen LogP contribution in [-0.2, 0) is 10.0 Å². The molecule has 1 N–H and O–H groups in total. The van der Waals surface area contributed by atoms with Crippen molar-refractivity contribution in [1.29, 1.82) is 0 Å². The summed E-state index contributed by atoms with van der Waals surface area (Å²) in [5.41, 5.74) is 0. The lowest BCUT2D eigenvalue weighted by Gasteiger charge is -2.33. The van der Waals surface area contributed by atoms with Gasteiger partial charge >= 0.3 is 0 Å². The number of piperazine rings is 1. The Bertz CT molecular complexity index is 708. The lowest BCUT2D eigenvalue weighted by atomic mass is 10.3. The van der Waals surface area contributed by atoms with Crippen LogP contribution in [0.5, 0.6) is 5.75 Å². The first-order valence-electron chi connectivity index (χ1n) is 6.51. The molecule has 8 heteroatoms. The Hall–Kier alpha value is -1.64. The molecule has 0 unspecified atom stereocenters. The van der Waals surface area contributed by atoms with Crippen LogP contribution < -0.4 is 4.90 Å². The Kier molecular flexibility index (Phi) is 3.83. The van der Waals surface area contributed by atoms with Gasteiger partial charge in [0.15, 0.2) is 5.13 Å². The number of nitrogens with zero attached hydrogens (tertiary/aromatic N) is 3. The van der Waals surface area contributed by atoms with Crippen molar-refractivity contribution in [2.45, 2.75) is 4.90 Å². The zero-order chi connectivity index (χ0) is 14.9. The molecule has 0 bridgehead atoms. The van der Waals surface area contributed by atoms with Crippen molar-refractivity contribution in [3.8, 4) is 5.75 Å². The third kappa shape index (κ3) is 2.87. The van der Waals surface area contributed by atoms with Crippen LogP contribution >= 0.6 is 11.3 Å². The van der Waals surface area contributed by atoms with E-state index < -0.39 is 10.0 Å². The van der Waals surface area contributed by atoms with Gasteiger partial charge in [0.25, 0.3) is 0 Å². The van der Waals surface area contributed by atoms with Gasteiger partial charge in [-0.25, -0.2) is 13.4 Å². The van der Waals surface area contributed by atoms with E-state index in [9.17, 15) is 13.5 Å². The van der Waals surface area contributed by atoms with Gasteiger partial charge < -0.3 is 10.0 Å². The standard InChI is InChI=1S/C13H15N3O3S2/c17-11-2-1-3-12(10-11)21(18,19)16-7-5-15(6-8-16)13-14-4-9-20-13/h1-4,9-10,17H,5-8H2. The van der Waals surface area contributed by atoms with Gasteiger partial charge in [-0.3, -0.25) is 0 Å². The number of hydrogen-bond acceptors (Lipinski definition) is 6. The summed E-state index contributed by atoms with van der Waals surface area (Å²) in [6.07, 6.45) is 1.75. The maximum Gasteiger partial charge on any atom is 0.243 e. The van der Waals surface area contributed by atoms with Gasteiger partial charge in [-0.2, -0.15) is 4.31 Å². The van der Waals surface area contributed by atoms with Gasteiger partial charge in [0.2, 0.25) is 10.0 Å². The predicted molar refractivity (Wildman–Crippen MR) is 81.2 cm³/mol. The van der Waals surface area contributed by atoms with Gasteiger partial charge in [0, 0.05) is 37.8 Å². The van der Waals surface area contributed by atoms with Crippen molar-refractivity contribution in [3.63, 3.8) is 0 Å². The van der Waals surface area contributed by atoms with Crippen molar-refractivity contribution in [2.75, 3.05) is 31.1 Å². The summed E-state index contributed by atoms with van der Waals surface area (Å²) in [7, 11) is -3.55. The van der Waals surface area contributed by atoms with Crippen molar-refractivity contribution < 1.29 is 13.5 Å². The van der Waals surface area contributed by atoms with Crippen LogP contribution in [0.1, 0.15) is 0 Å². The molecular formula is C13H15N3O3S2. The van der Waals surface area contributed by atoms with Crippen LogP contribution in [-0.4, -0.2) is 49.0 Å². The molecular weight excluding hydrogens is 310 g/mol. The zero-order valence-corrected chi connectivity index (χ0v) is 12.8. The molecule has 2 heterocycles. The van der Waals surface area contributed by atoms with Crippen molar-refractivity contribution in [3.05, 3.63) is 35.8 Å². The van der Waals surface area contributed by atoms with Crippen LogP contribution in [0.2, 0.25) is 0 Å². The maximum absolute atomic E-state index is 12.5. The number of aromatic hydroxyl groups is 1. The quantitative estimate of drug-likeness (QED) is 0.922. The molecule has 6 nitrogen and oxygen atoms in total. The number of rotatable bonds is 3. The molecule has 1 aliphatic rings. The maximum atomic E-state index is 12.5. The second kappa shape index (κ2) is 5.63. The average molecular weight is 325 g/mol. The molecule has 0 atom stereocenters. The summed E-state index contributed by atoms with van der Waals surface area (Å²) < 4.78 is 26.5. The monoisotopic (exact) mass is 325 g/mol. The largest absolute Gasteiger partial charge is 0.508 e. The number of phenolic OH excluding ortho intramolecular Hbond substituents is 1. The molecule has 2 aromatic rings. The molecule has 1 aliphatic heterocycles. The summed E-state index contributed by atoms with van der Waals surface area (Å²) in [5.74, 6) is -0.0440. The molecule has 0 radical (unpaired) electrons. The van der Waals surface area contributed by atoms with E-state index in [2.05, 4.69) is 9.88 Å². The molecule has 1 fully saturated rings. The highest BCUT2D eigenvalue weighted by Crippen LogP contribution is 2.24. The van der Waals surface area contributed by atoms with Crippen LogP contribution in [0, 0.1) is 0 Å². The van der Waals surface area contributed by atoms with Crippen molar-refractivity contribution >= 4 is 26.5 Å². The number of thiazole rings is 1.